The molecule has 0 radical (unpaired) electrons. The Kier molecular flexibility index (Phi) is 9.26. The lowest BCUT2D eigenvalue weighted by Gasteiger charge is -2.29. The van der Waals surface area contributed by atoms with Gasteiger partial charge in [0.15, 0.2) is 11.6 Å². The lowest BCUT2D eigenvalue weighted by molar-refractivity contribution is -0.206. The van der Waals surface area contributed by atoms with Gasteiger partial charge in [-0.15, -0.1) is 0 Å². The number of nitrogens with zero attached hydrogens (tertiary/aromatic N) is 4. The van der Waals surface area contributed by atoms with Crippen molar-refractivity contribution in [3.05, 3.63) is 60.0 Å². The van der Waals surface area contributed by atoms with Gasteiger partial charge in [-0.05, 0) is 58.2 Å². The van der Waals surface area contributed by atoms with E-state index in [4.69, 9.17) is 23.7 Å². The van der Waals surface area contributed by atoms with Crippen LogP contribution in [0.4, 0.5) is 10.6 Å². The van der Waals surface area contributed by atoms with Crippen LogP contribution in [-0.2, 0) is 40.5 Å². The fourth-order valence-corrected chi connectivity index (χ4v) is 5.69. The minimum atomic E-state index is -1.63. The molecule has 2 aliphatic heterocycles. The van der Waals surface area contributed by atoms with Gasteiger partial charge in [0.05, 0.1) is 18.2 Å². The van der Waals surface area contributed by atoms with Crippen molar-refractivity contribution >= 4 is 23.4 Å². The maximum absolute atomic E-state index is 12.7. The Hall–Kier alpha value is -4.25. The van der Waals surface area contributed by atoms with Crippen molar-refractivity contribution in [3.8, 4) is 6.07 Å². The zero-order valence-electron chi connectivity index (χ0n) is 27.3. The van der Waals surface area contributed by atoms with Gasteiger partial charge in [0.2, 0.25) is 5.60 Å². The summed E-state index contributed by atoms with van der Waals surface area (Å²) in [5.41, 5.74) is -0.425. The summed E-state index contributed by atoms with van der Waals surface area (Å²) >= 11 is 0. The number of benzene rings is 1. The van der Waals surface area contributed by atoms with Crippen molar-refractivity contribution in [1.29, 1.82) is 5.26 Å². The van der Waals surface area contributed by atoms with Crippen molar-refractivity contribution in [3.63, 3.8) is 0 Å². The molecule has 2 saturated heterocycles. The number of aromatic nitrogens is 3. The summed E-state index contributed by atoms with van der Waals surface area (Å²) in [5.74, 6) is -0.838. The van der Waals surface area contributed by atoms with E-state index in [-0.39, 0.29) is 25.0 Å². The molecule has 1 amide bonds. The second-order valence-corrected chi connectivity index (χ2v) is 13.4. The summed E-state index contributed by atoms with van der Waals surface area (Å²) in [4.78, 5) is 29.5. The van der Waals surface area contributed by atoms with Gasteiger partial charge in [-0.25, -0.2) is 14.3 Å². The molecular weight excluding hydrogens is 592 g/mol. The van der Waals surface area contributed by atoms with E-state index in [0.717, 1.165) is 5.56 Å². The molecule has 5 atom stereocenters. The molecular formula is C33H42N6O7. The van der Waals surface area contributed by atoms with Crippen LogP contribution in [0.25, 0.3) is 5.52 Å². The second-order valence-electron chi connectivity index (χ2n) is 13.4. The molecule has 46 heavy (non-hydrogen) atoms. The predicted molar refractivity (Wildman–Crippen MR) is 167 cm³/mol. The minimum absolute atomic E-state index is 0.0903. The summed E-state index contributed by atoms with van der Waals surface area (Å²) < 4.78 is 31.5. The van der Waals surface area contributed by atoms with E-state index in [9.17, 15) is 14.9 Å². The number of nitrogens with one attached hydrogen (secondary N) is 2. The quantitative estimate of drug-likeness (QED) is 0.309. The number of carbonyl (C=O) groups excluding carboxylic acids is 2. The van der Waals surface area contributed by atoms with Crippen molar-refractivity contribution < 1.29 is 33.3 Å². The molecule has 2 aromatic heterocycles. The van der Waals surface area contributed by atoms with Crippen LogP contribution in [0.1, 0.15) is 59.7 Å². The van der Waals surface area contributed by atoms with E-state index in [2.05, 4.69) is 26.8 Å². The number of hydrogen-bond acceptors (Lipinski definition) is 11. The molecule has 1 aromatic carbocycles. The number of esters is 1. The normalized spacial score (nSPS) is 24.3. The Morgan fingerprint density at radius 2 is 1.85 bits per heavy atom. The van der Waals surface area contributed by atoms with E-state index < -0.39 is 47.4 Å². The number of amides is 1. The monoisotopic (exact) mass is 634 g/mol. The standard InChI is InChI=1S/C33H42N6O7/c1-20(2)22(38-30(41)46-31(3,4)5)16-35-29-23-13-14-25(39(23)37-19-36-29)33(18-34)28-27(44-32(6,7)45-28)24(43-33)17-42-26(40)15-21-11-9-8-10-12-21/h8-14,19-20,22,24,27-28H,15-17H2,1-7H3,(H,38,41)(H,35,36,37)/t22?,24-,27-,28-,33+/m1/s1. The third-order valence-corrected chi connectivity index (χ3v) is 7.83. The molecule has 2 aliphatic rings. The van der Waals surface area contributed by atoms with Crippen LogP contribution in [0.15, 0.2) is 48.8 Å². The molecule has 0 aliphatic carbocycles. The van der Waals surface area contributed by atoms with Gasteiger partial charge in [-0.1, -0.05) is 44.2 Å². The van der Waals surface area contributed by atoms with Gasteiger partial charge in [-0.2, -0.15) is 10.4 Å². The first kappa shape index (κ1) is 33.1. The summed E-state index contributed by atoms with van der Waals surface area (Å²) in [6.07, 6.45) is -1.32. The molecule has 13 nitrogen and oxygen atoms in total. The molecule has 246 valence electrons. The maximum Gasteiger partial charge on any atom is 0.407 e. The molecule has 2 fully saturated rings. The zero-order chi connectivity index (χ0) is 33.3. The highest BCUT2D eigenvalue weighted by molar-refractivity contribution is 5.72. The molecule has 2 N–H and O–H groups in total. The summed E-state index contributed by atoms with van der Waals surface area (Å²) in [6.45, 7) is 13.2. The molecule has 3 aromatic rings. The fourth-order valence-electron chi connectivity index (χ4n) is 5.69. The van der Waals surface area contributed by atoms with E-state index in [0.29, 0.717) is 23.6 Å². The number of ether oxygens (including phenoxy) is 5. The Labute approximate surface area is 268 Å². The summed E-state index contributed by atoms with van der Waals surface area (Å²) in [5, 5.41) is 21.4. The molecule has 13 heteroatoms. The van der Waals surface area contributed by atoms with Crippen molar-refractivity contribution in [1.82, 2.24) is 19.9 Å². The highest BCUT2D eigenvalue weighted by Gasteiger charge is 2.65. The molecule has 0 saturated carbocycles. The number of rotatable bonds is 10. The first-order valence-corrected chi connectivity index (χ1v) is 15.4. The topological polar surface area (TPSA) is 158 Å². The molecule has 0 spiro atoms. The van der Waals surface area contributed by atoms with E-state index >= 15 is 0 Å². The average molecular weight is 635 g/mol. The third kappa shape index (κ3) is 7.09. The van der Waals surface area contributed by atoms with Gasteiger partial charge >= 0.3 is 12.1 Å². The Balaban J connectivity index is 1.36. The van der Waals surface area contributed by atoms with Crippen molar-refractivity contribution in [2.24, 2.45) is 5.92 Å². The van der Waals surface area contributed by atoms with E-state index in [1.54, 1.807) is 30.5 Å². The van der Waals surface area contributed by atoms with Crippen LogP contribution < -0.4 is 10.6 Å². The lowest BCUT2D eigenvalue weighted by atomic mass is 9.92. The van der Waals surface area contributed by atoms with Crippen LogP contribution in [0.5, 0.6) is 0 Å². The first-order chi connectivity index (χ1) is 21.7. The van der Waals surface area contributed by atoms with Gasteiger partial charge < -0.3 is 34.3 Å². The van der Waals surface area contributed by atoms with E-state index in [1.165, 1.54) is 6.33 Å². The van der Waals surface area contributed by atoms with Crippen LogP contribution >= 0.6 is 0 Å². The van der Waals surface area contributed by atoms with Crippen molar-refractivity contribution in [2.45, 2.75) is 96.2 Å². The number of fused-ring (bicyclic) bond motifs is 2. The first-order valence-electron chi connectivity index (χ1n) is 15.4. The molecule has 4 heterocycles. The zero-order valence-corrected chi connectivity index (χ0v) is 27.3. The van der Waals surface area contributed by atoms with Gasteiger partial charge in [0.25, 0.3) is 0 Å². The fraction of sp³-hybridized carbons (Fsp3) is 0.545. The van der Waals surface area contributed by atoms with Gasteiger partial charge in [-0.3, -0.25) is 4.79 Å². The number of nitriles is 1. The highest BCUT2D eigenvalue weighted by Crippen LogP contribution is 2.49. The smallest absolute Gasteiger partial charge is 0.407 e. The predicted octanol–water partition coefficient (Wildman–Crippen LogP) is 4.11. The molecule has 5 rings (SSSR count). The molecule has 1 unspecified atom stereocenters. The Morgan fingerprint density at radius 1 is 1.11 bits per heavy atom. The minimum Gasteiger partial charge on any atom is -0.463 e. The molecule has 0 bridgehead atoms. The number of anilines is 1. The lowest BCUT2D eigenvalue weighted by Crippen LogP contribution is -2.45. The Bertz CT molecular complexity index is 1600. The van der Waals surface area contributed by atoms with Crippen LogP contribution in [0.3, 0.4) is 0 Å². The van der Waals surface area contributed by atoms with Gasteiger partial charge in [0.1, 0.15) is 48.4 Å². The maximum atomic E-state index is 12.7. The number of carbonyl (C=O) groups is 2. The van der Waals surface area contributed by atoms with Crippen LogP contribution in [0.2, 0.25) is 0 Å². The van der Waals surface area contributed by atoms with Crippen LogP contribution in [0, 0.1) is 17.2 Å². The third-order valence-electron chi connectivity index (χ3n) is 7.83. The Morgan fingerprint density at radius 3 is 2.52 bits per heavy atom. The summed E-state index contributed by atoms with van der Waals surface area (Å²) in [6, 6.07) is 14.9. The number of hydrogen-bond donors (Lipinski definition) is 2. The largest absolute Gasteiger partial charge is 0.463 e. The SMILES string of the molecule is CC(C)C(CNc1ncnn2c([C@]3(C#N)O[C@H](COC(=O)Cc4ccccc4)[C@H]4OC(C)(C)O[C@H]43)ccc12)NC(=O)OC(C)(C)C. The highest BCUT2D eigenvalue weighted by atomic mass is 16.8. The number of alkyl carbamates (subject to hydrolysis) is 1. The van der Waals surface area contributed by atoms with Gasteiger partial charge in [0, 0.05) is 6.54 Å². The van der Waals surface area contributed by atoms with Crippen molar-refractivity contribution in [2.75, 3.05) is 18.5 Å². The van der Waals surface area contributed by atoms with E-state index in [1.807, 2.05) is 65.0 Å². The average Bonchev–Trinajstić information content (AvgIpc) is 3.64. The van der Waals surface area contributed by atoms with Crippen LogP contribution in [-0.4, -0.2) is 75.6 Å². The second kappa shape index (κ2) is 12.9. The summed E-state index contributed by atoms with van der Waals surface area (Å²) in [7, 11) is 0.